The maximum atomic E-state index is 12.2. The van der Waals surface area contributed by atoms with Crippen LogP contribution in [-0.4, -0.2) is 42.5 Å². The molecule has 1 aromatic rings. The Morgan fingerprint density at radius 2 is 2.00 bits per heavy atom. The summed E-state index contributed by atoms with van der Waals surface area (Å²) in [4.78, 5) is 12.8. The zero-order valence-electron chi connectivity index (χ0n) is 10.6. The molecule has 0 radical (unpaired) electrons. The Balaban J connectivity index is 2.71. The third-order valence-corrected chi connectivity index (χ3v) is 2.36. The van der Waals surface area contributed by atoms with Crippen LogP contribution in [0.4, 0.5) is 8.78 Å². The quantitative estimate of drug-likeness (QED) is 0.844. The number of nitrogens with zero attached hydrogens (tertiary/aromatic N) is 1. The largest absolute Gasteiger partial charge is 0.395 e. The van der Waals surface area contributed by atoms with Crippen LogP contribution in [0.25, 0.3) is 0 Å². The summed E-state index contributed by atoms with van der Waals surface area (Å²) in [5, 5.41) is 8.58. The van der Waals surface area contributed by atoms with Gasteiger partial charge in [0.05, 0.1) is 13.2 Å². The van der Waals surface area contributed by atoms with E-state index in [1.807, 2.05) is 0 Å². The zero-order chi connectivity index (χ0) is 14.3. The molecule has 1 rings (SSSR count). The van der Waals surface area contributed by atoms with Crippen LogP contribution >= 0.6 is 0 Å². The molecule has 0 spiro atoms. The van der Waals surface area contributed by atoms with Crippen molar-refractivity contribution >= 4 is 5.91 Å². The molecule has 0 aliphatic heterocycles. The standard InChI is InChI=1S/C14H15F2NO2/c1-17(10-13(15)16)14(19)12-7-5-11(6-8-12)4-2-3-9-18/h5-8,13,18H,3,9-10H2,1H3. The monoisotopic (exact) mass is 267 g/mol. The number of halogens is 2. The molecule has 0 heterocycles. The van der Waals surface area contributed by atoms with Gasteiger partial charge < -0.3 is 10.0 Å². The van der Waals surface area contributed by atoms with Gasteiger partial charge >= 0.3 is 0 Å². The molecule has 0 saturated carbocycles. The van der Waals surface area contributed by atoms with Gasteiger partial charge in [0.2, 0.25) is 0 Å². The van der Waals surface area contributed by atoms with E-state index in [9.17, 15) is 13.6 Å². The minimum absolute atomic E-state index is 0.00198. The summed E-state index contributed by atoms with van der Waals surface area (Å²) in [7, 11) is 1.34. The predicted octanol–water partition coefficient (Wildman–Crippen LogP) is 1.76. The van der Waals surface area contributed by atoms with Crippen molar-refractivity contribution in [3.05, 3.63) is 35.4 Å². The summed E-state index contributed by atoms with van der Waals surface area (Å²) in [5.41, 5.74) is 1.05. The van der Waals surface area contributed by atoms with Crippen LogP contribution < -0.4 is 0 Å². The molecule has 0 aromatic heterocycles. The number of aliphatic hydroxyl groups is 1. The van der Waals surface area contributed by atoms with Crippen LogP contribution in [0.1, 0.15) is 22.3 Å². The smallest absolute Gasteiger partial charge is 0.255 e. The summed E-state index contributed by atoms with van der Waals surface area (Å²) in [6.07, 6.45) is -2.16. The molecule has 1 aromatic carbocycles. The van der Waals surface area contributed by atoms with Gasteiger partial charge in [-0.2, -0.15) is 0 Å². The van der Waals surface area contributed by atoms with Crippen molar-refractivity contribution in [2.75, 3.05) is 20.2 Å². The van der Waals surface area contributed by atoms with Gasteiger partial charge in [0.15, 0.2) is 0 Å². The van der Waals surface area contributed by atoms with Crippen molar-refractivity contribution < 1.29 is 18.7 Å². The Morgan fingerprint density at radius 3 is 2.53 bits per heavy atom. The lowest BCUT2D eigenvalue weighted by Gasteiger charge is -2.16. The van der Waals surface area contributed by atoms with Gasteiger partial charge in [-0.1, -0.05) is 11.8 Å². The second-order valence-corrected chi connectivity index (χ2v) is 3.93. The van der Waals surface area contributed by atoms with Crippen molar-refractivity contribution in [2.45, 2.75) is 12.8 Å². The van der Waals surface area contributed by atoms with Crippen molar-refractivity contribution in [2.24, 2.45) is 0 Å². The Kier molecular flexibility index (Phi) is 5.97. The van der Waals surface area contributed by atoms with Crippen LogP contribution in [0.5, 0.6) is 0 Å². The van der Waals surface area contributed by atoms with Gasteiger partial charge in [-0.15, -0.1) is 0 Å². The third-order valence-electron chi connectivity index (χ3n) is 2.36. The summed E-state index contributed by atoms with van der Waals surface area (Å²) in [6, 6.07) is 6.39. The third kappa shape index (κ3) is 5.06. The van der Waals surface area contributed by atoms with Gasteiger partial charge in [-0.05, 0) is 24.3 Å². The summed E-state index contributed by atoms with van der Waals surface area (Å²) in [6.45, 7) is -0.584. The normalized spacial score (nSPS) is 9.95. The van der Waals surface area contributed by atoms with Gasteiger partial charge in [0.1, 0.15) is 0 Å². The zero-order valence-corrected chi connectivity index (χ0v) is 10.6. The number of rotatable bonds is 4. The molecule has 0 atom stereocenters. The molecule has 3 nitrogen and oxygen atoms in total. The van der Waals surface area contributed by atoms with E-state index in [2.05, 4.69) is 11.8 Å². The molecule has 0 bridgehead atoms. The van der Waals surface area contributed by atoms with Crippen LogP contribution in [0.2, 0.25) is 0 Å². The minimum atomic E-state index is -2.54. The first-order chi connectivity index (χ1) is 9.04. The van der Waals surface area contributed by atoms with E-state index in [0.29, 0.717) is 17.5 Å². The summed E-state index contributed by atoms with van der Waals surface area (Å²) >= 11 is 0. The molecule has 1 N–H and O–H groups in total. The maximum Gasteiger partial charge on any atom is 0.255 e. The molecule has 0 saturated heterocycles. The highest BCUT2D eigenvalue weighted by Gasteiger charge is 2.15. The number of carbonyl (C=O) groups is 1. The highest BCUT2D eigenvalue weighted by molar-refractivity contribution is 5.94. The highest BCUT2D eigenvalue weighted by Crippen LogP contribution is 2.07. The number of amides is 1. The second-order valence-electron chi connectivity index (χ2n) is 3.93. The van der Waals surface area contributed by atoms with Crippen molar-refractivity contribution in [3.63, 3.8) is 0 Å². The molecule has 5 heteroatoms. The first kappa shape index (κ1) is 15.1. The lowest BCUT2D eigenvalue weighted by Crippen LogP contribution is -2.31. The fraction of sp³-hybridized carbons (Fsp3) is 0.357. The Labute approximate surface area is 110 Å². The molecular weight excluding hydrogens is 252 g/mol. The van der Waals surface area contributed by atoms with E-state index in [0.717, 1.165) is 4.90 Å². The number of hydrogen-bond acceptors (Lipinski definition) is 2. The predicted molar refractivity (Wildman–Crippen MR) is 68.0 cm³/mol. The molecule has 1 amide bonds. The Hall–Kier alpha value is -1.93. The van der Waals surface area contributed by atoms with Gasteiger partial charge in [-0.25, -0.2) is 8.78 Å². The number of alkyl halides is 2. The Bertz CT molecular complexity index is 474. The molecule has 102 valence electrons. The van der Waals surface area contributed by atoms with Gasteiger partial charge in [0, 0.05) is 24.6 Å². The molecular formula is C14H15F2NO2. The average molecular weight is 267 g/mol. The first-order valence-corrected chi connectivity index (χ1v) is 5.78. The second kappa shape index (κ2) is 7.49. The number of benzene rings is 1. The fourth-order valence-electron chi connectivity index (χ4n) is 1.43. The minimum Gasteiger partial charge on any atom is -0.395 e. The van der Waals surface area contributed by atoms with Gasteiger partial charge in [0.25, 0.3) is 12.3 Å². The SMILES string of the molecule is CN(CC(F)F)C(=O)c1ccc(C#CCCO)cc1. The van der Waals surface area contributed by atoms with Crippen LogP contribution in [0.15, 0.2) is 24.3 Å². The Morgan fingerprint density at radius 1 is 1.37 bits per heavy atom. The fourth-order valence-corrected chi connectivity index (χ4v) is 1.43. The topological polar surface area (TPSA) is 40.5 Å². The number of aliphatic hydroxyl groups excluding tert-OH is 1. The van der Waals surface area contributed by atoms with Crippen LogP contribution in [0, 0.1) is 11.8 Å². The van der Waals surface area contributed by atoms with Crippen molar-refractivity contribution in [1.29, 1.82) is 0 Å². The number of hydrogen-bond donors (Lipinski definition) is 1. The van der Waals surface area contributed by atoms with E-state index in [1.165, 1.54) is 7.05 Å². The van der Waals surface area contributed by atoms with E-state index in [1.54, 1.807) is 24.3 Å². The van der Waals surface area contributed by atoms with Crippen molar-refractivity contribution in [3.8, 4) is 11.8 Å². The molecule has 0 fully saturated rings. The van der Waals surface area contributed by atoms with E-state index >= 15 is 0 Å². The summed E-state index contributed by atoms with van der Waals surface area (Å²) < 4.78 is 24.3. The van der Waals surface area contributed by atoms with Gasteiger partial charge in [-0.3, -0.25) is 4.79 Å². The lowest BCUT2D eigenvalue weighted by molar-refractivity contribution is 0.0620. The van der Waals surface area contributed by atoms with Crippen LogP contribution in [0.3, 0.4) is 0 Å². The molecule has 0 unspecified atom stereocenters. The lowest BCUT2D eigenvalue weighted by atomic mass is 10.1. The van der Waals surface area contributed by atoms with E-state index < -0.39 is 18.9 Å². The summed E-state index contributed by atoms with van der Waals surface area (Å²) in [5.74, 6) is 5.12. The first-order valence-electron chi connectivity index (χ1n) is 5.78. The highest BCUT2D eigenvalue weighted by atomic mass is 19.3. The average Bonchev–Trinajstić information content (AvgIpc) is 2.38. The van der Waals surface area contributed by atoms with Crippen molar-refractivity contribution in [1.82, 2.24) is 4.90 Å². The van der Waals surface area contributed by atoms with E-state index in [-0.39, 0.29) is 6.61 Å². The molecule has 0 aliphatic rings. The number of carbonyl (C=O) groups excluding carboxylic acids is 1. The van der Waals surface area contributed by atoms with E-state index in [4.69, 9.17) is 5.11 Å². The molecule has 0 aliphatic carbocycles. The molecule has 19 heavy (non-hydrogen) atoms. The maximum absolute atomic E-state index is 12.2. The van der Waals surface area contributed by atoms with Crippen LogP contribution in [-0.2, 0) is 0 Å².